The summed E-state index contributed by atoms with van der Waals surface area (Å²) < 4.78 is 7.10. The van der Waals surface area contributed by atoms with Crippen LogP contribution in [-0.2, 0) is 6.54 Å². The first-order valence-electron chi connectivity index (χ1n) is 7.08. The van der Waals surface area contributed by atoms with Gasteiger partial charge in [0.25, 0.3) is 0 Å². The molecular weight excluding hydrogens is 350 g/mol. The summed E-state index contributed by atoms with van der Waals surface area (Å²) in [6.07, 6.45) is 2.53. The lowest BCUT2D eigenvalue weighted by molar-refractivity contribution is 0.469. The average Bonchev–Trinajstić information content (AvgIpc) is 3.27. The Labute approximate surface area is 138 Å². The molecule has 1 saturated carbocycles. The van der Waals surface area contributed by atoms with E-state index in [4.69, 9.17) is 16.3 Å². The van der Waals surface area contributed by atoms with Crippen molar-refractivity contribution in [2.75, 3.05) is 0 Å². The Morgan fingerprint density at radius 1 is 1.29 bits per heavy atom. The number of para-hydroxylation sites is 1. The number of aryl methyl sites for hydroxylation is 1. The first-order valence-corrected chi connectivity index (χ1v) is 8.25. The van der Waals surface area contributed by atoms with E-state index in [1.807, 2.05) is 37.3 Å². The summed E-state index contributed by atoms with van der Waals surface area (Å²) in [5.41, 5.74) is 2.17. The first kappa shape index (κ1) is 14.9. The van der Waals surface area contributed by atoms with Crippen molar-refractivity contribution in [3.8, 4) is 11.5 Å². The molecule has 2 aromatic rings. The lowest BCUT2D eigenvalue weighted by Gasteiger charge is -2.15. The van der Waals surface area contributed by atoms with E-state index in [2.05, 4.69) is 27.3 Å². The van der Waals surface area contributed by atoms with Crippen LogP contribution < -0.4 is 10.1 Å². The van der Waals surface area contributed by atoms with Crippen molar-refractivity contribution in [1.82, 2.24) is 5.32 Å². The molecule has 3 rings (SSSR count). The Bertz CT molecular complexity index is 655. The van der Waals surface area contributed by atoms with Gasteiger partial charge in [-0.3, -0.25) is 0 Å². The molecule has 0 aliphatic heterocycles. The second kappa shape index (κ2) is 6.39. The van der Waals surface area contributed by atoms with Gasteiger partial charge in [0.2, 0.25) is 0 Å². The number of hydrogen-bond acceptors (Lipinski definition) is 2. The highest BCUT2D eigenvalue weighted by atomic mass is 79.9. The summed E-state index contributed by atoms with van der Waals surface area (Å²) in [5.74, 6) is 1.57. The van der Waals surface area contributed by atoms with E-state index in [9.17, 15) is 0 Å². The van der Waals surface area contributed by atoms with Crippen molar-refractivity contribution in [2.24, 2.45) is 0 Å². The van der Waals surface area contributed by atoms with Crippen LogP contribution >= 0.6 is 27.5 Å². The van der Waals surface area contributed by atoms with Gasteiger partial charge >= 0.3 is 0 Å². The van der Waals surface area contributed by atoms with E-state index in [0.29, 0.717) is 11.1 Å². The van der Waals surface area contributed by atoms with Crippen LogP contribution in [0.5, 0.6) is 11.5 Å². The zero-order chi connectivity index (χ0) is 14.8. The molecule has 0 radical (unpaired) electrons. The highest BCUT2D eigenvalue weighted by Crippen LogP contribution is 2.35. The molecule has 0 saturated heterocycles. The largest absolute Gasteiger partial charge is 0.455 e. The third kappa shape index (κ3) is 3.79. The fraction of sp³-hybridized carbons (Fsp3) is 0.294. The fourth-order valence-electron chi connectivity index (χ4n) is 2.14. The van der Waals surface area contributed by atoms with Crippen LogP contribution in [-0.4, -0.2) is 6.04 Å². The molecule has 0 unspecified atom stereocenters. The highest BCUT2D eigenvalue weighted by Gasteiger charge is 2.21. The van der Waals surface area contributed by atoms with Gasteiger partial charge in [-0.25, -0.2) is 0 Å². The molecule has 0 amide bonds. The van der Waals surface area contributed by atoms with Gasteiger partial charge < -0.3 is 10.1 Å². The van der Waals surface area contributed by atoms with Crippen molar-refractivity contribution in [2.45, 2.75) is 32.4 Å². The van der Waals surface area contributed by atoms with Crippen LogP contribution in [0, 0.1) is 6.92 Å². The van der Waals surface area contributed by atoms with Crippen molar-refractivity contribution in [3.05, 3.63) is 57.0 Å². The van der Waals surface area contributed by atoms with E-state index >= 15 is 0 Å². The van der Waals surface area contributed by atoms with Gasteiger partial charge in [-0.1, -0.05) is 45.7 Å². The normalized spacial score (nSPS) is 14.2. The molecule has 2 nitrogen and oxygen atoms in total. The van der Waals surface area contributed by atoms with Gasteiger partial charge in [-0.2, -0.15) is 0 Å². The van der Waals surface area contributed by atoms with Crippen molar-refractivity contribution >= 4 is 27.5 Å². The van der Waals surface area contributed by atoms with Crippen LogP contribution in [0.25, 0.3) is 0 Å². The molecule has 1 aliphatic rings. The van der Waals surface area contributed by atoms with E-state index in [-0.39, 0.29) is 0 Å². The smallest absolute Gasteiger partial charge is 0.150 e. The van der Waals surface area contributed by atoms with E-state index < -0.39 is 0 Å². The Kier molecular flexibility index (Phi) is 4.53. The molecule has 0 aromatic heterocycles. The summed E-state index contributed by atoms with van der Waals surface area (Å²) in [4.78, 5) is 0. The van der Waals surface area contributed by atoms with Crippen molar-refractivity contribution in [1.29, 1.82) is 0 Å². The number of ether oxygens (including phenoxy) is 1. The van der Waals surface area contributed by atoms with Crippen LogP contribution in [0.1, 0.15) is 24.0 Å². The van der Waals surface area contributed by atoms with Crippen LogP contribution in [0.3, 0.4) is 0 Å². The Morgan fingerprint density at radius 3 is 2.86 bits per heavy atom. The zero-order valence-corrected chi connectivity index (χ0v) is 14.2. The number of rotatable bonds is 5. The molecular formula is C17H17BrClNO. The third-order valence-corrected chi connectivity index (χ3v) is 4.36. The molecule has 21 heavy (non-hydrogen) atoms. The van der Waals surface area contributed by atoms with Crippen LogP contribution in [0.2, 0.25) is 5.02 Å². The summed E-state index contributed by atoms with van der Waals surface area (Å²) in [6.45, 7) is 2.81. The van der Waals surface area contributed by atoms with Crippen LogP contribution in [0.4, 0.5) is 0 Å². The fourth-order valence-corrected chi connectivity index (χ4v) is 2.72. The lowest BCUT2D eigenvalue weighted by atomic mass is 10.2. The summed E-state index contributed by atoms with van der Waals surface area (Å²) in [6, 6.07) is 12.5. The number of halogens is 2. The Balaban J connectivity index is 1.87. The quantitative estimate of drug-likeness (QED) is 0.759. The van der Waals surface area contributed by atoms with Crippen molar-refractivity contribution < 1.29 is 4.74 Å². The second-order valence-corrected chi connectivity index (χ2v) is 6.72. The second-order valence-electron chi connectivity index (χ2n) is 5.40. The first-order chi connectivity index (χ1) is 10.1. The predicted molar refractivity (Wildman–Crippen MR) is 90.3 cm³/mol. The molecule has 0 bridgehead atoms. The number of hydrogen-bond donors (Lipinski definition) is 1. The number of benzene rings is 2. The van der Waals surface area contributed by atoms with Gasteiger partial charge in [-0.05, 0) is 43.5 Å². The minimum absolute atomic E-state index is 0.643. The maximum Gasteiger partial charge on any atom is 0.150 e. The van der Waals surface area contributed by atoms with Crippen LogP contribution in [0.15, 0.2) is 40.9 Å². The molecule has 110 valence electrons. The van der Waals surface area contributed by atoms with Gasteiger partial charge in [0.15, 0.2) is 5.75 Å². The molecule has 0 heterocycles. The minimum atomic E-state index is 0.643. The Morgan fingerprint density at radius 2 is 2.10 bits per heavy atom. The molecule has 2 aromatic carbocycles. The standard InChI is InChI=1S/C17H17BrClNO/c1-11-5-6-13(18)9-16(11)21-17-12(3-2-4-15(17)19)10-20-14-7-8-14/h2-6,9,14,20H,7-8,10H2,1H3. The third-order valence-electron chi connectivity index (χ3n) is 3.57. The lowest BCUT2D eigenvalue weighted by Crippen LogP contribution is -2.15. The molecule has 1 aliphatic carbocycles. The Hall–Kier alpha value is -1.03. The van der Waals surface area contributed by atoms with E-state index in [0.717, 1.165) is 33.6 Å². The van der Waals surface area contributed by atoms with E-state index in [1.54, 1.807) is 0 Å². The van der Waals surface area contributed by atoms with E-state index in [1.165, 1.54) is 12.8 Å². The SMILES string of the molecule is Cc1ccc(Br)cc1Oc1c(Cl)cccc1CNC1CC1. The minimum Gasteiger partial charge on any atom is -0.455 e. The highest BCUT2D eigenvalue weighted by molar-refractivity contribution is 9.10. The summed E-state index contributed by atoms with van der Waals surface area (Å²) >= 11 is 9.82. The molecule has 4 heteroatoms. The molecule has 1 N–H and O–H groups in total. The monoisotopic (exact) mass is 365 g/mol. The van der Waals surface area contributed by atoms with Gasteiger partial charge in [0, 0.05) is 22.6 Å². The zero-order valence-electron chi connectivity index (χ0n) is 11.8. The molecule has 1 fully saturated rings. The molecule has 0 spiro atoms. The predicted octanol–water partition coefficient (Wildman–Crippen LogP) is 5.46. The van der Waals surface area contributed by atoms with Gasteiger partial charge in [0.1, 0.15) is 5.75 Å². The maximum atomic E-state index is 6.34. The summed E-state index contributed by atoms with van der Waals surface area (Å²) in [7, 11) is 0. The van der Waals surface area contributed by atoms with Crippen molar-refractivity contribution in [3.63, 3.8) is 0 Å². The maximum absolute atomic E-state index is 6.34. The summed E-state index contributed by atoms with van der Waals surface area (Å²) in [5, 5.41) is 4.15. The topological polar surface area (TPSA) is 21.3 Å². The average molecular weight is 367 g/mol. The molecule has 0 atom stereocenters. The number of nitrogens with one attached hydrogen (secondary N) is 1. The van der Waals surface area contributed by atoms with Gasteiger partial charge in [0.05, 0.1) is 5.02 Å². The van der Waals surface area contributed by atoms with Gasteiger partial charge in [-0.15, -0.1) is 0 Å².